The third kappa shape index (κ3) is 4.53. The van der Waals surface area contributed by atoms with Gasteiger partial charge in [0.25, 0.3) is 0 Å². The SMILES string of the molecule is CC[C@]1(CCCN[C@@H](C)c2ccccc2)C=CC(=O)CC1. The van der Waals surface area contributed by atoms with Gasteiger partial charge in [0.05, 0.1) is 0 Å². The van der Waals surface area contributed by atoms with Crippen LogP contribution in [-0.4, -0.2) is 12.3 Å². The van der Waals surface area contributed by atoms with Gasteiger partial charge in [0, 0.05) is 12.5 Å². The van der Waals surface area contributed by atoms with Crippen LogP contribution in [0.5, 0.6) is 0 Å². The fourth-order valence-electron chi connectivity index (χ4n) is 3.11. The highest BCUT2D eigenvalue weighted by molar-refractivity contribution is 5.90. The van der Waals surface area contributed by atoms with Gasteiger partial charge in [0.1, 0.15) is 0 Å². The first-order chi connectivity index (χ1) is 10.2. The summed E-state index contributed by atoms with van der Waals surface area (Å²) in [6, 6.07) is 11.0. The second-order valence-corrected chi connectivity index (χ2v) is 6.21. The zero-order valence-electron chi connectivity index (χ0n) is 13.3. The number of ketones is 1. The lowest BCUT2D eigenvalue weighted by Crippen LogP contribution is -2.25. The van der Waals surface area contributed by atoms with E-state index in [2.05, 4.69) is 55.6 Å². The van der Waals surface area contributed by atoms with Crippen LogP contribution < -0.4 is 5.32 Å². The summed E-state index contributed by atoms with van der Waals surface area (Å²) in [7, 11) is 0. The first kappa shape index (κ1) is 16.0. The minimum atomic E-state index is 0.256. The van der Waals surface area contributed by atoms with Crippen molar-refractivity contribution in [3.63, 3.8) is 0 Å². The second-order valence-electron chi connectivity index (χ2n) is 6.21. The maximum absolute atomic E-state index is 11.3. The molecule has 0 fully saturated rings. The van der Waals surface area contributed by atoms with Crippen LogP contribution in [-0.2, 0) is 4.79 Å². The van der Waals surface area contributed by atoms with Gasteiger partial charge in [-0.05, 0) is 56.2 Å². The molecule has 2 nitrogen and oxygen atoms in total. The molecule has 0 bridgehead atoms. The molecule has 0 unspecified atom stereocenters. The van der Waals surface area contributed by atoms with E-state index in [0.717, 1.165) is 32.2 Å². The van der Waals surface area contributed by atoms with E-state index in [1.165, 1.54) is 12.0 Å². The molecule has 0 radical (unpaired) electrons. The van der Waals surface area contributed by atoms with E-state index < -0.39 is 0 Å². The van der Waals surface area contributed by atoms with Gasteiger partial charge in [-0.1, -0.05) is 43.3 Å². The van der Waals surface area contributed by atoms with Crippen molar-refractivity contribution in [3.05, 3.63) is 48.0 Å². The largest absolute Gasteiger partial charge is 0.310 e. The van der Waals surface area contributed by atoms with Crippen molar-refractivity contribution in [2.45, 2.75) is 52.0 Å². The average Bonchev–Trinajstić information content (AvgIpc) is 2.54. The van der Waals surface area contributed by atoms with Crippen molar-refractivity contribution < 1.29 is 4.79 Å². The number of allylic oxidation sites excluding steroid dienone is 2. The van der Waals surface area contributed by atoms with Gasteiger partial charge in [-0.3, -0.25) is 4.79 Å². The Balaban J connectivity index is 1.76. The summed E-state index contributed by atoms with van der Waals surface area (Å²) in [5, 5.41) is 3.60. The van der Waals surface area contributed by atoms with E-state index >= 15 is 0 Å². The van der Waals surface area contributed by atoms with E-state index in [4.69, 9.17) is 0 Å². The molecule has 0 saturated heterocycles. The highest BCUT2D eigenvalue weighted by Crippen LogP contribution is 2.37. The number of rotatable bonds is 7. The third-order valence-electron chi connectivity index (χ3n) is 4.80. The molecule has 21 heavy (non-hydrogen) atoms. The van der Waals surface area contributed by atoms with Crippen LogP contribution in [0.15, 0.2) is 42.5 Å². The molecule has 114 valence electrons. The van der Waals surface area contributed by atoms with E-state index in [9.17, 15) is 4.79 Å². The molecule has 1 aliphatic carbocycles. The predicted molar refractivity (Wildman–Crippen MR) is 88.2 cm³/mol. The van der Waals surface area contributed by atoms with E-state index in [0.29, 0.717) is 6.04 Å². The molecule has 1 aromatic rings. The van der Waals surface area contributed by atoms with Gasteiger partial charge in [0.2, 0.25) is 0 Å². The zero-order chi connectivity index (χ0) is 15.1. The van der Waals surface area contributed by atoms with Gasteiger partial charge < -0.3 is 5.32 Å². The van der Waals surface area contributed by atoms with Crippen LogP contribution in [0.3, 0.4) is 0 Å². The van der Waals surface area contributed by atoms with Crippen molar-refractivity contribution >= 4 is 5.78 Å². The molecule has 0 aromatic heterocycles. The molecule has 0 saturated carbocycles. The van der Waals surface area contributed by atoms with Gasteiger partial charge in [-0.25, -0.2) is 0 Å². The van der Waals surface area contributed by atoms with Gasteiger partial charge in [0.15, 0.2) is 5.78 Å². The Morgan fingerprint density at radius 3 is 2.67 bits per heavy atom. The van der Waals surface area contributed by atoms with E-state index in [1.807, 2.05) is 0 Å². The summed E-state index contributed by atoms with van der Waals surface area (Å²) in [6.07, 6.45) is 9.16. The normalized spacial score (nSPS) is 23.2. The summed E-state index contributed by atoms with van der Waals surface area (Å²) in [4.78, 5) is 11.3. The fraction of sp³-hybridized carbons (Fsp3) is 0.526. The quantitative estimate of drug-likeness (QED) is 0.751. The molecule has 1 aliphatic rings. The van der Waals surface area contributed by atoms with Crippen molar-refractivity contribution in [1.82, 2.24) is 5.32 Å². The van der Waals surface area contributed by atoms with Gasteiger partial charge >= 0.3 is 0 Å². The van der Waals surface area contributed by atoms with E-state index in [-0.39, 0.29) is 11.2 Å². The van der Waals surface area contributed by atoms with Crippen LogP contribution in [0.25, 0.3) is 0 Å². The van der Waals surface area contributed by atoms with Crippen LogP contribution in [0.2, 0.25) is 0 Å². The minimum absolute atomic E-state index is 0.256. The van der Waals surface area contributed by atoms with Gasteiger partial charge in [-0.2, -0.15) is 0 Å². The maximum atomic E-state index is 11.3. The Kier molecular flexibility index (Phi) is 5.75. The highest BCUT2D eigenvalue weighted by atomic mass is 16.1. The van der Waals surface area contributed by atoms with Crippen LogP contribution in [0.4, 0.5) is 0 Å². The van der Waals surface area contributed by atoms with Gasteiger partial charge in [-0.15, -0.1) is 0 Å². The zero-order valence-corrected chi connectivity index (χ0v) is 13.3. The molecule has 1 aromatic carbocycles. The fourth-order valence-corrected chi connectivity index (χ4v) is 3.11. The molecule has 2 rings (SSSR count). The maximum Gasteiger partial charge on any atom is 0.155 e. The first-order valence-electron chi connectivity index (χ1n) is 8.16. The smallest absolute Gasteiger partial charge is 0.155 e. The highest BCUT2D eigenvalue weighted by Gasteiger charge is 2.28. The van der Waals surface area contributed by atoms with Crippen LogP contribution in [0, 0.1) is 5.41 Å². The minimum Gasteiger partial charge on any atom is -0.310 e. The summed E-state index contributed by atoms with van der Waals surface area (Å²) >= 11 is 0. The van der Waals surface area contributed by atoms with Crippen LogP contribution in [0.1, 0.15) is 57.6 Å². The van der Waals surface area contributed by atoms with Crippen molar-refractivity contribution in [2.24, 2.45) is 5.41 Å². The Labute approximate surface area is 128 Å². The number of nitrogens with one attached hydrogen (secondary N) is 1. The topological polar surface area (TPSA) is 29.1 Å². The Hall–Kier alpha value is -1.41. The molecule has 0 spiro atoms. The molecular formula is C19H27NO. The molecule has 0 amide bonds. The molecule has 2 heteroatoms. The number of hydrogen-bond donors (Lipinski definition) is 1. The summed E-state index contributed by atoms with van der Waals surface area (Å²) < 4.78 is 0. The Morgan fingerprint density at radius 1 is 1.29 bits per heavy atom. The van der Waals surface area contributed by atoms with Crippen molar-refractivity contribution in [1.29, 1.82) is 0 Å². The lowest BCUT2D eigenvalue weighted by Gasteiger charge is -2.32. The van der Waals surface area contributed by atoms with Crippen LogP contribution >= 0.6 is 0 Å². The Bertz CT molecular complexity index is 480. The van der Waals surface area contributed by atoms with Crippen molar-refractivity contribution in [3.8, 4) is 0 Å². The predicted octanol–water partition coefficient (Wildman–Crippen LogP) is 4.43. The molecular weight excluding hydrogens is 258 g/mol. The number of carbonyl (C=O) groups is 1. The summed E-state index contributed by atoms with van der Waals surface area (Å²) in [5.74, 6) is 0.287. The van der Waals surface area contributed by atoms with E-state index in [1.54, 1.807) is 6.08 Å². The lowest BCUT2D eigenvalue weighted by atomic mass is 9.73. The average molecular weight is 285 g/mol. The third-order valence-corrected chi connectivity index (χ3v) is 4.80. The molecule has 0 heterocycles. The first-order valence-corrected chi connectivity index (χ1v) is 8.16. The summed E-state index contributed by atoms with van der Waals surface area (Å²) in [6.45, 7) is 5.48. The van der Waals surface area contributed by atoms with Crippen molar-refractivity contribution in [2.75, 3.05) is 6.54 Å². The Morgan fingerprint density at radius 2 is 2.05 bits per heavy atom. The molecule has 1 N–H and O–H groups in total. The lowest BCUT2D eigenvalue weighted by molar-refractivity contribution is -0.115. The molecule has 2 atom stereocenters. The monoisotopic (exact) mass is 285 g/mol. The molecule has 0 aliphatic heterocycles. The standard InChI is InChI=1S/C19H27NO/c1-3-19(13-10-18(21)11-14-19)12-7-15-20-16(2)17-8-5-4-6-9-17/h4-6,8-10,13,16,20H,3,7,11-12,14-15H2,1-2H3/t16-,19-/m0/s1. The number of carbonyl (C=O) groups excluding carboxylic acids is 1. The number of hydrogen-bond acceptors (Lipinski definition) is 2. The summed E-state index contributed by atoms with van der Waals surface area (Å²) in [5.41, 5.74) is 1.59. The number of benzene rings is 1. The second kappa shape index (κ2) is 7.56.